The second-order valence-electron chi connectivity index (χ2n) is 4.93. The molecule has 0 unspecified atom stereocenters. The number of rotatable bonds is 2. The maximum Gasteiger partial charge on any atom is 0.0558 e. The van der Waals surface area contributed by atoms with Gasteiger partial charge >= 0.3 is 0 Å². The Morgan fingerprint density at radius 1 is 1.44 bits per heavy atom. The van der Waals surface area contributed by atoms with E-state index < -0.39 is 0 Å². The van der Waals surface area contributed by atoms with Gasteiger partial charge in [0.05, 0.1) is 6.61 Å². The third-order valence-corrected chi connectivity index (χ3v) is 4.26. The predicted octanol–water partition coefficient (Wildman–Crippen LogP) is 1.72. The molecule has 1 aromatic carbocycles. The van der Waals surface area contributed by atoms with Crippen LogP contribution in [0.1, 0.15) is 30.4 Å². The Morgan fingerprint density at radius 2 is 2.31 bits per heavy atom. The molecule has 16 heavy (non-hydrogen) atoms. The van der Waals surface area contributed by atoms with E-state index in [1.165, 1.54) is 30.4 Å². The zero-order valence-corrected chi connectivity index (χ0v) is 9.58. The Hall–Kier alpha value is -0.860. The number of benzene rings is 1. The molecule has 0 amide bonds. The average Bonchev–Trinajstić information content (AvgIpc) is 2.27. The molecule has 1 aromatic rings. The first-order valence-corrected chi connectivity index (χ1v) is 6.22. The Bertz CT molecular complexity index is 384. The maximum absolute atomic E-state index is 9.17. The summed E-state index contributed by atoms with van der Waals surface area (Å²) in [7, 11) is 0. The highest BCUT2D eigenvalue weighted by atomic mass is 16.3. The van der Waals surface area contributed by atoms with Crippen LogP contribution >= 0.6 is 0 Å². The number of nitrogens with zero attached hydrogens (tertiary/aromatic N) is 1. The second kappa shape index (κ2) is 3.86. The first-order chi connectivity index (χ1) is 7.87. The topological polar surface area (TPSA) is 23.5 Å². The van der Waals surface area contributed by atoms with Crippen LogP contribution in [0, 0.1) is 6.07 Å². The lowest BCUT2D eigenvalue weighted by atomic mass is 9.67. The fourth-order valence-corrected chi connectivity index (χ4v) is 3.31. The summed E-state index contributed by atoms with van der Waals surface area (Å²) in [6.45, 7) is 2.18. The fourth-order valence-electron chi connectivity index (χ4n) is 3.31. The molecule has 3 rings (SSSR count). The van der Waals surface area contributed by atoms with Gasteiger partial charge in [0.15, 0.2) is 0 Å². The Morgan fingerprint density at radius 3 is 3.00 bits per heavy atom. The van der Waals surface area contributed by atoms with Crippen LogP contribution in [0.3, 0.4) is 0 Å². The monoisotopic (exact) mass is 216 g/mol. The van der Waals surface area contributed by atoms with E-state index in [1.54, 1.807) is 0 Å². The second-order valence-corrected chi connectivity index (χ2v) is 4.93. The van der Waals surface area contributed by atoms with Crippen molar-refractivity contribution in [3.8, 4) is 0 Å². The van der Waals surface area contributed by atoms with Crippen molar-refractivity contribution in [3.05, 3.63) is 35.4 Å². The number of β-amino-alcohol motifs (C(OH)–C–C–N with tert-alkyl or cyclic N) is 1. The summed E-state index contributed by atoms with van der Waals surface area (Å²) >= 11 is 0. The number of hydrogen-bond acceptors (Lipinski definition) is 2. The summed E-state index contributed by atoms with van der Waals surface area (Å²) < 4.78 is 0. The minimum absolute atomic E-state index is 0.255. The molecule has 0 atom stereocenters. The van der Waals surface area contributed by atoms with Gasteiger partial charge in [-0.25, -0.2) is 0 Å². The molecule has 2 heteroatoms. The van der Waals surface area contributed by atoms with E-state index in [1.807, 2.05) is 6.07 Å². The van der Waals surface area contributed by atoms with Gasteiger partial charge in [0.1, 0.15) is 0 Å². The van der Waals surface area contributed by atoms with Crippen molar-refractivity contribution in [1.29, 1.82) is 0 Å². The lowest BCUT2D eigenvalue weighted by molar-refractivity contribution is -0.00811. The van der Waals surface area contributed by atoms with Crippen molar-refractivity contribution in [1.82, 2.24) is 4.90 Å². The Labute approximate surface area is 96.9 Å². The number of hydrogen-bond donors (Lipinski definition) is 1. The summed E-state index contributed by atoms with van der Waals surface area (Å²) in [5.74, 6) is 0. The zero-order valence-electron chi connectivity index (χ0n) is 9.58. The molecule has 2 aliphatic rings. The fraction of sp³-hybridized carbons (Fsp3) is 0.571. The molecule has 1 N–H and O–H groups in total. The smallest absolute Gasteiger partial charge is 0.0558 e. The molecule has 1 heterocycles. The zero-order chi connectivity index (χ0) is 11.0. The molecular formula is C14H18NO. The third-order valence-electron chi connectivity index (χ3n) is 4.26. The lowest BCUT2D eigenvalue weighted by Gasteiger charge is -2.54. The Balaban J connectivity index is 2.00. The number of aliphatic hydroxyl groups is 1. The molecule has 0 saturated heterocycles. The van der Waals surface area contributed by atoms with Gasteiger partial charge in [0.25, 0.3) is 0 Å². The van der Waals surface area contributed by atoms with Crippen LogP contribution in [-0.4, -0.2) is 29.7 Å². The van der Waals surface area contributed by atoms with Crippen LogP contribution in [0.25, 0.3) is 0 Å². The van der Waals surface area contributed by atoms with E-state index >= 15 is 0 Å². The molecule has 0 aromatic heterocycles. The first-order valence-electron chi connectivity index (χ1n) is 6.22. The van der Waals surface area contributed by atoms with Gasteiger partial charge in [-0.3, -0.25) is 4.90 Å². The van der Waals surface area contributed by atoms with Crippen molar-refractivity contribution < 1.29 is 5.11 Å². The first kappa shape index (κ1) is 10.3. The van der Waals surface area contributed by atoms with Gasteiger partial charge in [-0.2, -0.15) is 0 Å². The molecule has 1 aliphatic heterocycles. The molecule has 85 valence electrons. The van der Waals surface area contributed by atoms with Crippen LogP contribution in [0.2, 0.25) is 0 Å². The molecule has 1 spiro atoms. The summed E-state index contributed by atoms with van der Waals surface area (Å²) in [6.07, 6.45) is 4.93. The minimum Gasteiger partial charge on any atom is -0.395 e. The Kier molecular flexibility index (Phi) is 2.49. The highest BCUT2D eigenvalue weighted by Crippen LogP contribution is 2.49. The highest BCUT2D eigenvalue weighted by Gasteiger charge is 2.46. The molecule has 1 fully saturated rings. The van der Waals surface area contributed by atoms with Crippen molar-refractivity contribution in [2.75, 3.05) is 19.7 Å². The van der Waals surface area contributed by atoms with Crippen LogP contribution in [0.15, 0.2) is 18.2 Å². The van der Waals surface area contributed by atoms with Crippen LogP contribution in [0.4, 0.5) is 0 Å². The van der Waals surface area contributed by atoms with Gasteiger partial charge in [0, 0.05) is 18.6 Å². The van der Waals surface area contributed by atoms with Crippen LogP contribution in [0.5, 0.6) is 0 Å². The summed E-state index contributed by atoms with van der Waals surface area (Å²) in [5, 5.41) is 9.17. The SMILES string of the molecule is OCCN1CCc2c[c]ccc2C12CCC2. The van der Waals surface area contributed by atoms with Gasteiger partial charge in [0.2, 0.25) is 0 Å². The van der Waals surface area contributed by atoms with Gasteiger partial charge in [-0.15, -0.1) is 0 Å². The van der Waals surface area contributed by atoms with E-state index in [9.17, 15) is 5.11 Å². The highest BCUT2D eigenvalue weighted by molar-refractivity contribution is 5.37. The van der Waals surface area contributed by atoms with Crippen molar-refractivity contribution >= 4 is 0 Å². The summed E-state index contributed by atoms with van der Waals surface area (Å²) in [4.78, 5) is 2.48. The molecular weight excluding hydrogens is 198 g/mol. The molecule has 1 saturated carbocycles. The van der Waals surface area contributed by atoms with Crippen molar-refractivity contribution in [2.45, 2.75) is 31.2 Å². The molecule has 2 nitrogen and oxygen atoms in total. The summed E-state index contributed by atoms with van der Waals surface area (Å²) in [5.41, 5.74) is 3.22. The largest absolute Gasteiger partial charge is 0.395 e. The van der Waals surface area contributed by atoms with E-state index in [0.29, 0.717) is 0 Å². The molecule has 1 radical (unpaired) electrons. The average molecular weight is 216 g/mol. The van der Waals surface area contributed by atoms with Gasteiger partial charge < -0.3 is 5.11 Å². The van der Waals surface area contributed by atoms with E-state index in [-0.39, 0.29) is 12.1 Å². The number of fused-ring (bicyclic) bond motifs is 2. The predicted molar refractivity (Wildman–Crippen MR) is 63.2 cm³/mol. The minimum atomic E-state index is 0.255. The van der Waals surface area contributed by atoms with Gasteiger partial charge in [-0.05, 0) is 42.9 Å². The number of aliphatic hydroxyl groups excluding tert-OH is 1. The standard InChI is InChI=1S/C14H18NO/c16-11-10-15-9-6-12-4-1-2-5-13(12)14(15)7-3-8-14/h2,4-5,16H,3,6-11H2. The van der Waals surface area contributed by atoms with E-state index in [2.05, 4.69) is 23.1 Å². The molecule has 1 aliphatic carbocycles. The normalized spacial score (nSPS) is 22.8. The third kappa shape index (κ3) is 1.33. The quantitative estimate of drug-likeness (QED) is 0.813. The van der Waals surface area contributed by atoms with Crippen molar-refractivity contribution in [2.24, 2.45) is 0 Å². The van der Waals surface area contributed by atoms with E-state index in [0.717, 1.165) is 19.5 Å². The maximum atomic E-state index is 9.17. The van der Waals surface area contributed by atoms with Gasteiger partial charge in [-0.1, -0.05) is 18.2 Å². The van der Waals surface area contributed by atoms with Crippen molar-refractivity contribution in [3.63, 3.8) is 0 Å². The van der Waals surface area contributed by atoms with Crippen LogP contribution < -0.4 is 0 Å². The van der Waals surface area contributed by atoms with Crippen LogP contribution in [-0.2, 0) is 12.0 Å². The van der Waals surface area contributed by atoms with E-state index in [4.69, 9.17) is 0 Å². The lowest BCUT2D eigenvalue weighted by Crippen LogP contribution is -2.55. The molecule has 0 bridgehead atoms. The summed E-state index contributed by atoms with van der Waals surface area (Å²) in [6, 6.07) is 9.59.